The topological polar surface area (TPSA) is 87.4 Å². The quantitative estimate of drug-likeness (QED) is 0.667. The van der Waals surface area contributed by atoms with Gasteiger partial charge in [-0.2, -0.15) is 0 Å². The number of nitrogens with zero attached hydrogens (tertiary/aromatic N) is 2. The van der Waals surface area contributed by atoms with E-state index in [-0.39, 0.29) is 12.2 Å². The van der Waals surface area contributed by atoms with Gasteiger partial charge in [-0.25, -0.2) is 4.98 Å². The summed E-state index contributed by atoms with van der Waals surface area (Å²) < 4.78 is 7.60. The maximum absolute atomic E-state index is 10.7. The summed E-state index contributed by atoms with van der Waals surface area (Å²) in [5.74, 6) is 0.219. The predicted octanol–water partition coefficient (Wildman–Crippen LogP) is 1.79. The van der Waals surface area contributed by atoms with E-state index in [0.29, 0.717) is 12.3 Å². The minimum absolute atomic E-state index is 0.0898. The first-order valence-electron chi connectivity index (χ1n) is 8.65. The highest BCUT2D eigenvalue weighted by Crippen LogP contribution is 2.18. The van der Waals surface area contributed by atoms with Crippen LogP contribution in [0.3, 0.4) is 0 Å². The third-order valence-corrected chi connectivity index (χ3v) is 4.13. The lowest BCUT2D eigenvalue weighted by Crippen LogP contribution is -2.25. The number of carboxylic acids is 1. The number of hydrogen-bond donors (Lipinski definition) is 1. The van der Waals surface area contributed by atoms with Gasteiger partial charge in [-0.3, -0.25) is 0 Å². The second-order valence-electron chi connectivity index (χ2n) is 6.15. The fraction of sp³-hybridized carbons (Fsp3) is 0.300. The number of aromatic carboxylic acids is 1. The average Bonchev–Trinajstić information content (AvgIpc) is 2.98. The first-order valence-corrected chi connectivity index (χ1v) is 8.65. The van der Waals surface area contributed by atoms with Gasteiger partial charge in [0.05, 0.1) is 23.5 Å². The molecule has 1 atom stereocenters. The van der Waals surface area contributed by atoms with Crippen LogP contribution in [0.15, 0.2) is 48.5 Å². The molecule has 0 bridgehead atoms. The molecule has 0 amide bonds. The molecule has 2 aromatic carbocycles. The van der Waals surface area contributed by atoms with Crippen molar-refractivity contribution in [1.29, 1.82) is 0 Å². The van der Waals surface area contributed by atoms with Crippen molar-refractivity contribution in [2.24, 2.45) is 0 Å². The third-order valence-electron chi connectivity index (χ3n) is 4.13. The number of rotatable bonds is 8. The van der Waals surface area contributed by atoms with Gasteiger partial charge in [0.1, 0.15) is 24.3 Å². The zero-order chi connectivity index (χ0) is 18.5. The van der Waals surface area contributed by atoms with Crippen molar-refractivity contribution in [3.8, 4) is 5.75 Å². The Kier molecular flexibility index (Phi) is 5.53. The Morgan fingerprint density at radius 1 is 1.23 bits per heavy atom. The van der Waals surface area contributed by atoms with Gasteiger partial charge in [-0.05, 0) is 48.4 Å². The standard InChI is InChI=1S/C20H22N2O4/c1-2-5-19-21-17-6-3-4-7-18(17)22(19)12-15(23)13-26-16-10-8-14(9-11-16)20(24)25/h3-4,6-11,15,23H,2,5,12-13H2,1H3,(H,24,25)/p-1/t15-/m1/s1. The molecule has 0 aliphatic heterocycles. The average molecular weight is 353 g/mol. The number of aliphatic hydroxyl groups is 1. The van der Waals surface area contributed by atoms with Crippen molar-refractivity contribution in [3.05, 3.63) is 59.9 Å². The van der Waals surface area contributed by atoms with Crippen LogP contribution in [0.1, 0.15) is 29.5 Å². The van der Waals surface area contributed by atoms with Crippen molar-refractivity contribution < 1.29 is 19.7 Å². The number of carboxylic acid groups (broad SMARTS) is 1. The van der Waals surface area contributed by atoms with E-state index in [4.69, 9.17) is 4.74 Å². The van der Waals surface area contributed by atoms with Crippen molar-refractivity contribution in [2.45, 2.75) is 32.4 Å². The molecule has 1 N–H and O–H groups in total. The summed E-state index contributed by atoms with van der Waals surface area (Å²) in [5, 5.41) is 21.1. The molecular formula is C20H21N2O4-. The Balaban J connectivity index is 1.68. The Bertz CT molecular complexity index is 886. The van der Waals surface area contributed by atoms with Gasteiger partial charge in [0.25, 0.3) is 0 Å². The number of aryl methyl sites for hydroxylation is 1. The van der Waals surface area contributed by atoms with Gasteiger partial charge < -0.3 is 24.3 Å². The Labute approximate surface area is 151 Å². The number of carbonyl (C=O) groups is 1. The van der Waals surface area contributed by atoms with Crippen molar-refractivity contribution in [3.63, 3.8) is 0 Å². The number of para-hydroxylation sites is 2. The lowest BCUT2D eigenvalue weighted by Gasteiger charge is -2.16. The second-order valence-corrected chi connectivity index (χ2v) is 6.15. The van der Waals surface area contributed by atoms with Crippen molar-refractivity contribution >= 4 is 17.0 Å². The number of fused-ring (bicyclic) bond motifs is 1. The van der Waals surface area contributed by atoms with E-state index < -0.39 is 12.1 Å². The Morgan fingerprint density at radius 3 is 2.65 bits per heavy atom. The van der Waals surface area contributed by atoms with E-state index >= 15 is 0 Å². The van der Waals surface area contributed by atoms with Gasteiger partial charge >= 0.3 is 0 Å². The highest BCUT2D eigenvalue weighted by atomic mass is 16.5. The molecular weight excluding hydrogens is 332 g/mol. The molecule has 1 heterocycles. The molecule has 3 aromatic rings. The second kappa shape index (κ2) is 8.01. The normalized spacial score (nSPS) is 12.2. The van der Waals surface area contributed by atoms with Gasteiger partial charge in [-0.1, -0.05) is 19.1 Å². The van der Waals surface area contributed by atoms with Crippen LogP contribution < -0.4 is 9.84 Å². The number of benzene rings is 2. The zero-order valence-corrected chi connectivity index (χ0v) is 14.6. The van der Waals surface area contributed by atoms with Crippen LogP contribution in [-0.4, -0.2) is 33.3 Å². The molecule has 6 heteroatoms. The number of imidazole rings is 1. The summed E-state index contributed by atoms with van der Waals surface area (Å²) in [6, 6.07) is 13.8. The molecule has 1 aromatic heterocycles. The molecule has 3 rings (SSSR count). The van der Waals surface area contributed by atoms with E-state index in [9.17, 15) is 15.0 Å². The summed E-state index contributed by atoms with van der Waals surface area (Å²) in [6.07, 6.45) is 1.09. The number of hydrogen-bond acceptors (Lipinski definition) is 5. The minimum atomic E-state index is -1.23. The van der Waals surface area contributed by atoms with Crippen molar-refractivity contribution in [1.82, 2.24) is 9.55 Å². The Morgan fingerprint density at radius 2 is 1.96 bits per heavy atom. The summed E-state index contributed by atoms with van der Waals surface area (Å²) in [7, 11) is 0. The molecule has 6 nitrogen and oxygen atoms in total. The molecule has 0 aliphatic carbocycles. The Hall–Kier alpha value is -2.86. The van der Waals surface area contributed by atoms with Crippen molar-refractivity contribution in [2.75, 3.05) is 6.61 Å². The SMILES string of the molecule is CCCc1nc2ccccc2n1C[C@@H](O)COc1ccc(C(=O)[O-])cc1. The third kappa shape index (κ3) is 4.03. The number of aliphatic hydroxyl groups excluding tert-OH is 1. The summed E-state index contributed by atoms with van der Waals surface area (Å²) in [6.45, 7) is 2.58. The first-order chi connectivity index (χ1) is 12.6. The van der Waals surface area contributed by atoms with Gasteiger partial charge in [0.15, 0.2) is 0 Å². The van der Waals surface area contributed by atoms with E-state index in [1.165, 1.54) is 12.1 Å². The maximum atomic E-state index is 10.7. The highest BCUT2D eigenvalue weighted by Gasteiger charge is 2.14. The summed E-state index contributed by atoms with van der Waals surface area (Å²) in [4.78, 5) is 15.4. The minimum Gasteiger partial charge on any atom is -0.545 e. The number of ether oxygens (including phenoxy) is 1. The molecule has 0 saturated carbocycles. The van der Waals surface area contributed by atoms with E-state index in [0.717, 1.165) is 29.7 Å². The van der Waals surface area contributed by atoms with Crippen LogP contribution in [0.5, 0.6) is 5.75 Å². The molecule has 136 valence electrons. The van der Waals surface area contributed by atoms with E-state index in [1.54, 1.807) is 12.1 Å². The zero-order valence-electron chi connectivity index (χ0n) is 14.6. The maximum Gasteiger partial charge on any atom is 0.119 e. The fourth-order valence-corrected chi connectivity index (χ4v) is 2.89. The molecule has 0 aliphatic rings. The van der Waals surface area contributed by atoms with E-state index in [2.05, 4.69) is 11.9 Å². The fourth-order valence-electron chi connectivity index (χ4n) is 2.89. The molecule has 0 fully saturated rings. The number of carbonyl (C=O) groups excluding carboxylic acids is 1. The lowest BCUT2D eigenvalue weighted by atomic mass is 10.2. The van der Waals surface area contributed by atoms with Gasteiger partial charge in [0.2, 0.25) is 0 Å². The first kappa shape index (κ1) is 17.9. The molecule has 0 saturated heterocycles. The van der Waals surface area contributed by atoms with Gasteiger partial charge in [0, 0.05) is 6.42 Å². The monoisotopic (exact) mass is 353 g/mol. The molecule has 26 heavy (non-hydrogen) atoms. The lowest BCUT2D eigenvalue weighted by molar-refractivity contribution is -0.255. The van der Waals surface area contributed by atoms with Crippen LogP contribution in [0.25, 0.3) is 11.0 Å². The van der Waals surface area contributed by atoms with Gasteiger partial charge in [-0.15, -0.1) is 0 Å². The number of aromatic nitrogens is 2. The summed E-state index contributed by atoms with van der Waals surface area (Å²) in [5.41, 5.74) is 2.00. The van der Waals surface area contributed by atoms with Crippen LogP contribution in [0, 0.1) is 0 Å². The molecule has 0 spiro atoms. The largest absolute Gasteiger partial charge is 0.545 e. The van der Waals surface area contributed by atoms with Crippen LogP contribution >= 0.6 is 0 Å². The van der Waals surface area contributed by atoms with Crippen LogP contribution in [0.4, 0.5) is 0 Å². The van der Waals surface area contributed by atoms with Crippen LogP contribution in [0.2, 0.25) is 0 Å². The molecule has 0 radical (unpaired) electrons. The molecule has 0 unspecified atom stereocenters. The predicted molar refractivity (Wildman–Crippen MR) is 96.0 cm³/mol. The highest BCUT2D eigenvalue weighted by molar-refractivity contribution is 5.85. The summed E-state index contributed by atoms with van der Waals surface area (Å²) >= 11 is 0. The van der Waals surface area contributed by atoms with Crippen LogP contribution in [-0.2, 0) is 13.0 Å². The smallest absolute Gasteiger partial charge is 0.119 e. The van der Waals surface area contributed by atoms with E-state index in [1.807, 2.05) is 28.8 Å².